The zero-order chi connectivity index (χ0) is 22.4. The van der Waals surface area contributed by atoms with Crippen LogP contribution in [0.2, 0.25) is 0 Å². The van der Waals surface area contributed by atoms with E-state index in [1.54, 1.807) is 12.1 Å². The minimum atomic E-state index is -3.17. The van der Waals surface area contributed by atoms with E-state index in [2.05, 4.69) is 36.8 Å². The number of likely N-dealkylation sites (N-methyl/N-ethyl adjacent to an activating group) is 2. The van der Waals surface area contributed by atoms with Gasteiger partial charge in [-0.15, -0.1) is 0 Å². The molecular formula is C25H34N2O3S. The monoisotopic (exact) mass is 442 g/mol. The van der Waals surface area contributed by atoms with Gasteiger partial charge in [0.1, 0.15) is 5.75 Å². The number of phenolic OH excluding ortho intramolecular Hbond substituents is 1. The lowest BCUT2D eigenvalue weighted by atomic mass is 9.61. The molecule has 1 fully saturated rings. The van der Waals surface area contributed by atoms with Gasteiger partial charge in [-0.05, 0) is 80.4 Å². The summed E-state index contributed by atoms with van der Waals surface area (Å²) in [6, 6.07) is 14.0. The number of hydrogen-bond acceptors (Lipinski definition) is 5. The van der Waals surface area contributed by atoms with E-state index >= 15 is 0 Å². The molecule has 5 nitrogen and oxygen atoms in total. The van der Waals surface area contributed by atoms with Crippen LogP contribution in [0, 0.1) is 0 Å². The highest BCUT2D eigenvalue weighted by molar-refractivity contribution is 7.90. The van der Waals surface area contributed by atoms with Crippen molar-refractivity contribution in [2.45, 2.75) is 55.5 Å². The van der Waals surface area contributed by atoms with E-state index in [1.165, 1.54) is 17.4 Å². The second-order valence-corrected chi connectivity index (χ2v) is 11.5. The molecule has 2 aliphatic rings. The van der Waals surface area contributed by atoms with Crippen molar-refractivity contribution in [2.75, 3.05) is 32.9 Å². The van der Waals surface area contributed by atoms with Gasteiger partial charge in [-0.25, -0.2) is 8.42 Å². The third-order valence-electron chi connectivity index (χ3n) is 7.54. The van der Waals surface area contributed by atoms with Gasteiger partial charge in [0, 0.05) is 30.3 Å². The topological polar surface area (TPSA) is 60.9 Å². The van der Waals surface area contributed by atoms with E-state index in [9.17, 15) is 13.5 Å². The number of likely N-dealkylation sites (tertiary alicyclic amines) is 1. The van der Waals surface area contributed by atoms with Crippen LogP contribution in [0.1, 0.15) is 37.0 Å². The van der Waals surface area contributed by atoms with E-state index in [4.69, 9.17) is 0 Å². The molecule has 1 aliphatic carbocycles. The van der Waals surface area contributed by atoms with Crippen molar-refractivity contribution in [1.82, 2.24) is 9.80 Å². The summed E-state index contributed by atoms with van der Waals surface area (Å²) >= 11 is 0. The summed E-state index contributed by atoms with van der Waals surface area (Å²) in [5.41, 5.74) is 3.82. The van der Waals surface area contributed by atoms with E-state index < -0.39 is 9.84 Å². The van der Waals surface area contributed by atoms with Crippen molar-refractivity contribution in [3.05, 3.63) is 59.2 Å². The predicted octanol–water partition coefficient (Wildman–Crippen LogP) is 3.25. The largest absolute Gasteiger partial charge is 0.508 e. The number of aromatic hydroxyl groups is 1. The number of rotatable bonds is 6. The van der Waals surface area contributed by atoms with Crippen molar-refractivity contribution in [3.8, 4) is 5.75 Å². The summed E-state index contributed by atoms with van der Waals surface area (Å²) in [4.78, 5) is 5.47. The molecule has 0 amide bonds. The fraction of sp³-hybridized carbons (Fsp3) is 0.520. The molecule has 0 aromatic heterocycles. The number of nitrogens with zero attached hydrogens (tertiary/aromatic N) is 2. The first-order valence-corrected chi connectivity index (χ1v) is 13.1. The molecule has 2 aromatic carbocycles. The van der Waals surface area contributed by atoms with Crippen molar-refractivity contribution in [3.63, 3.8) is 0 Å². The Morgan fingerprint density at radius 1 is 1.19 bits per heavy atom. The molecule has 2 aromatic rings. The quantitative estimate of drug-likeness (QED) is 0.744. The molecule has 0 radical (unpaired) electrons. The Balaban J connectivity index is 1.60. The number of benzene rings is 2. The first-order valence-electron chi connectivity index (χ1n) is 11.2. The highest BCUT2D eigenvalue weighted by atomic mass is 32.2. The summed E-state index contributed by atoms with van der Waals surface area (Å²) in [7, 11) is -0.929. The van der Waals surface area contributed by atoms with Crippen molar-refractivity contribution in [1.29, 1.82) is 0 Å². The predicted molar refractivity (Wildman–Crippen MR) is 124 cm³/mol. The zero-order valence-electron chi connectivity index (χ0n) is 19.0. The Bertz CT molecular complexity index is 1050. The molecule has 2 bridgehead atoms. The summed E-state index contributed by atoms with van der Waals surface area (Å²) in [6.07, 6.45) is 4.20. The second-order valence-electron chi connectivity index (χ2n) is 9.50. The van der Waals surface area contributed by atoms with Crippen LogP contribution in [0.25, 0.3) is 0 Å². The van der Waals surface area contributed by atoms with Crippen LogP contribution in [-0.4, -0.2) is 68.3 Å². The SMILES string of the molecule is CCN(CCc1ccc(S(C)(=O)=O)cc1)[C@H]1[C@H]2Cc3ccc(O)cc3[C@@]1(C)CCN2C. The smallest absolute Gasteiger partial charge is 0.175 e. The fourth-order valence-corrected chi connectivity index (χ4v) is 6.40. The Labute approximate surface area is 186 Å². The van der Waals surface area contributed by atoms with E-state index in [0.29, 0.717) is 22.7 Å². The van der Waals surface area contributed by atoms with Gasteiger partial charge < -0.3 is 10.0 Å². The standard InChI is InChI=1S/C25H34N2O3S/c1-5-27(14-12-18-6-10-21(11-7-18)31(4,29)30)24-23-16-19-8-9-20(28)17-22(19)25(24,2)13-15-26(23)3/h6-11,17,23-24,28H,5,12-16H2,1-4H3/t23-,24+,25-/m1/s1. The molecule has 168 valence electrons. The highest BCUT2D eigenvalue weighted by Crippen LogP contribution is 2.47. The summed E-state index contributed by atoms with van der Waals surface area (Å²) < 4.78 is 23.5. The molecule has 3 atom stereocenters. The van der Waals surface area contributed by atoms with E-state index in [1.807, 2.05) is 24.3 Å². The van der Waals surface area contributed by atoms with Crippen LogP contribution in [0.5, 0.6) is 5.75 Å². The summed E-state index contributed by atoms with van der Waals surface area (Å²) in [5.74, 6) is 0.352. The zero-order valence-corrected chi connectivity index (χ0v) is 19.8. The second kappa shape index (κ2) is 8.23. The normalized spacial score (nSPS) is 26.1. The van der Waals surface area contributed by atoms with E-state index in [0.717, 1.165) is 44.5 Å². The number of phenols is 1. The highest BCUT2D eigenvalue weighted by Gasteiger charge is 2.51. The molecule has 31 heavy (non-hydrogen) atoms. The van der Waals surface area contributed by atoms with Crippen LogP contribution >= 0.6 is 0 Å². The molecule has 6 heteroatoms. The third-order valence-corrected chi connectivity index (χ3v) is 8.67. The van der Waals surface area contributed by atoms with Gasteiger partial charge in [-0.2, -0.15) is 0 Å². The molecule has 0 spiro atoms. The molecule has 0 unspecified atom stereocenters. The van der Waals surface area contributed by atoms with Gasteiger partial charge in [0.25, 0.3) is 0 Å². The minimum absolute atomic E-state index is 0.000341. The minimum Gasteiger partial charge on any atom is -0.508 e. The van der Waals surface area contributed by atoms with Crippen LogP contribution in [-0.2, 0) is 28.1 Å². The third kappa shape index (κ3) is 4.13. The average molecular weight is 443 g/mol. The van der Waals surface area contributed by atoms with Crippen molar-refractivity contribution < 1.29 is 13.5 Å². The average Bonchev–Trinajstić information content (AvgIpc) is 2.73. The Morgan fingerprint density at radius 2 is 1.90 bits per heavy atom. The Hall–Kier alpha value is -1.89. The van der Waals surface area contributed by atoms with Crippen molar-refractivity contribution in [2.24, 2.45) is 0 Å². The van der Waals surface area contributed by atoms with Crippen molar-refractivity contribution >= 4 is 9.84 Å². The molecule has 1 N–H and O–H groups in total. The first-order chi connectivity index (χ1) is 14.6. The number of fused-ring (bicyclic) bond motifs is 4. The van der Waals surface area contributed by atoms with Gasteiger partial charge in [0.05, 0.1) is 4.90 Å². The van der Waals surface area contributed by atoms with Gasteiger partial charge >= 0.3 is 0 Å². The molecule has 0 saturated carbocycles. The van der Waals surface area contributed by atoms with Gasteiger partial charge in [-0.3, -0.25) is 4.90 Å². The van der Waals surface area contributed by atoms with Crippen LogP contribution < -0.4 is 0 Å². The lowest BCUT2D eigenvalue weighted by Gasteiger charge is -2.58. The number of piperidine rings is 1. The molecular weight excluding hydrogens is 408 g/mol. The maximum absolute atomic E-state index is 11.7. The van der Waals surface area contributed by atoms with Gasteiger partial charge in [0.2, 0.25) is 0 Å². The van der Waals surface area contributed by atoms with Crippen LogP contribution in [0.4, 0.5) is 0 Å². The van der Waals surface area contributed by atoms with Crippen LogP contribution in [0.15, 0.2) is 47.4 Å². The molecule has 1 heterocycles. The molecule has 4 rings (SSSR count). The van der Waals surface area contributed by atoms with Gasteiger partial charge in [-0.1, -0.05) is 32.0 Å². The molecule has 1 aliphatic heterocycles. The van der Waals surface area contributed by atoms with E-state index in [-0.39, 0.29) is 5.41 Å². The lowest BCUT2D eigenvalue weighted by molar-refractivity contribution is -0.00678. The Morgan fingerprint density at radius 3 is 2.55 bits per heavy atom. The fourth-order valence-electron chi connectivity index (χ4n) is 5.77. The maximum Gasteiger partial charge on any atom is 0.175 e. The maximum atomic E-state index is 11.7. The number of hydrogen-bond donors (Lipinski definition) is 1. The molecule has 1 saturated heterocycles. The Kier molecular flexibility index (Phi) is 5.92. The first kappa shape index (κ1) is 22.3. The van der Waals surface area contributed by atoms with Crippen LogP contribution in [0.3, 0.4) is 0 Å². The summed E-state index contributed by atoms with van der Waals surface area (Å²) in [6.45, 7) is 7.55. The lowest BCUT2D eigenvalue weighted by Crippen LogP contribution is -2.67. The van der Waals surface area contributed by atoms with Gasteiger partial charge in [0.15, 0.2) is 9.84 Å². The summed E-state index contributed by atoms with van der Waals surface area (Å²) in [5, 5.41) is 10.2. The number of sulfone groups is 1.